The maximum Gasteiger partial charge on any atom is 0.262 e. The van der Waals surface area contributed by atoms with Crippen molar-refractivity contribution in [1.82, 2.24) is 9.62 Å². The highest BCUT2D eigenvalue weighted by molar-refractivity contribution is 7.90. The molecule has 0 bridgehead atoms. The average molecular weight is 310 g/mol. The predicted molar refractivity (Wildman–Crippen MR) is 75.0 cm³/mol. The summed E-state index contributed by atoms with van der Waals surface area (Å²) in [5.74, 6) is -0.834. The van der Waals surface area contributed by atoms with E-state index in [0.29, 0.717) is 18.8 Å². The summed E-state index contributed by atoms with van der Waals surface area (Å²) in [6.07, 6.45) is 0.346. The molecule has 0 amide bonds. The van der Waals surface area contributed by atoms with Crippen LogP contribution in [0.3, 0.4) is 0 Å². The quantitative estimate of drug-likeness (QED) is 0.775. The SMILES string of the molecule is Cc1ccc(S(=O)(=O)NC2=NCN(CC(=O)[O-])CC2)cc1. The second kappa shape index (κ2) is 6.23. The van der Waals surface area contributed by atoms with Gasteiger partial charge in [0.1, 0.15) is 5.84 Å². The molecule has 0 spiro atoms. The van der Waals surface area contributed by atoms with Crippen molar-refractivity contribution in [3.8, 4) is 0 Å². The number of hydrogen-bond acceptors (Lipinski definition) is 6. The van der Waals surface area contributed by atoms with Crippen molar-refractivity contribution in [3.63, 3.8) is 0 Å². The van der Waals surface area contributed by atoms with E-state index >= 15 is 0 Å². The fraction of sp³-hybridized carbons (Fsp3) is 0.385. The molecule has 0 aliphatic carbocycles. The van der Waals surface area contributed by atoms with Crippen molar-refractivity contribution in [2.75, 3.05) is 19.8 Å². The molecule has 1 aliphatic heterocycles. The van der Waals surface area contributed by atoms with Crippen LogP contribution in [0.1, 0.15) is 12.0 Å². The zero-order valence-corrected chi connectivity index (χ0v) is 12.4. The van der Waals surface area contributed by atoms with Crippen molar-refractivity contribution in [2.45, 2.75) is 18.2 Å². The standard InChI is InChI=1S/C13H17N3O4S/c1-10-2-4-11(5-3-10)21(19,20)15-12-6-7-16(9-14-12)8-13(17)18/h2-5H,6-9H2,1H3,(H,14,15)(H,17,18)/p-1. The predicted octanol–water partition coefficient (Wildman–Crippen LogP) is -0.915. The highest BCUT2D eigenvalue weighted by Gasteiger charge is 2.19. The number of aliphatic imine (C=N–C) groups is 1. The van der Waals surface area contributed by atoms with E-state index in [2.05, 4.69) is 9.71 Å². The Labute approximate surface area is 123 Å². The number of hydrogen-bond donors (Lipinski definition) is 1. The first-order valence-corrected chi connectivity index (χ1v) is 7.90. The lowest BCUT2D eigenvalue weighted by atomic mass is 10.2. The number of benzene rings is 1. The van der Waals surface area contributed by atoms with E-state index in [-0.39, 0.29) is 18.1 Å². The molecule has 1 N–H and O–H groups in total. The van der Waals surface area contributed by atoms with Gasteiger partial charge in [-0.1, -0.05) is 17.7 Å². The molecular formula is C13H16N3O4S-. The number of rotatable bonds is 4. The second-order valence-corrected chi connectivity index (χ2v) is 6.52. The molecule has 0 radical (unpaired) electrons. The van der Waals surface area contributed by atoms with E-state index in [1.165, 1.54) is 12.1 Å². The smallest absolute Gasteiger partial charge is 0.262 e. The molecule has 114 valence electrons. The summed E-state index contributed by atoms with van der Waals surface area (Å²) in [4.78, 5) is 16.3. The Morgan fingerprint density at radius 2 is 2.05 bits per heavy atom. The van der Waals surface area contributed by atoms with Crippen molar-refractivity contribution in [3.05, 3.63) is 29.8 Å². The molecule has 0 fully saturated rings. The number of sulfonamides is 1. The van der Waals surface area contributed by atoms with E-state index in [0.717, 1.165) is 5.56 Å². The number of aliphatic carboxylic acids is 1. The number of carboxylic acids is 1. The van der Waals surface area contributed by atoms with Crippen LogP contribution in [0, 0.1) is 6.92 Å². The molecular weight excluding hydrogens is 294 g/mol. The Kier molecular flexibility index (Phi) is 4.59. The van der Waals surface area contributed by atoms with Gasteiger partial charge in [-0.25, -0.2) is 8.42 Å². The van der Waals surface area contributed by atoms with E-state index in [9.17, 15) is 18.3 Å². The van der Waals surface area contributed by atoms with E-state index in [1.54, 1.807) is 17.0 Å². The number of carbonyl (C=O) groups excluding carboxylic acids is 1. The fourth-order valence-electron chi connectivity index (χ4n) is 1.93. The number of nitrogens with one attached hydrogen (secondary N) is 1. The summed E-state index contributed by atoms with van der Waals surface area (Å²) in [5.41, 5.74) is 0.974. The van der Waals surface area contributed by atoms with Crippen LogP contribution in [0.2, 0.25) is 0 Å². The molecule has 1 aromatic carbocycles. The molecule has 0 saturated heterocycles. The van der Waals surface area contributed by atoms with Crippen molar-refractivity contribution >= 4 is 21.8 Å². The van der Waals surface area contributed by atoms with Gasteiger partial charge in [0.05, 0.1) is 17.5 Å². The van der Waals surface area contributed by atoms with Crippen molar-refractivity contribution in [1.29, 1.82) is 0 Å². The van der Waals surface area contributed by atoms with Gasteiger partial charge in [0.2, 0.25) is 0 Å². The average Bonchev–Trinajstić information content (AvgIpc) is 2.40. The summed E-state index contributed by atoms with van der Waals surface area (Å²) < 4.78 is 26.8. The molecule has 1 aromatic rings. The van der Waals surface area contributed by atoms with Gasteiger partial charge >= 0.3 is 0 Å². The van der Waals surface area contributed by atoms with Crippen LogP contribution in [0.5, 0.6) is 0 Å². The zero-order chi connectivity index (χ0) is 15.5. The fourth-order valence-corrected chi connectivity index (χ4v) is 3.01. The maximum atomic E-state index is 12.2. The Morgan fingerprint density at radius 1 is 1.38 bits per heavy atom. The highest BCUT2D eigenvalue weighted by atomic mass is 32.2. The van der Waals surface area contributed by atoms with Crippen LogP contribution >= 0.6 is 0 Å². The first kappa shape index (κ1) is 15.5. The molecule has 0 aromatic heterocycles. The van der Waals surface area contributed by atoms with Gasteiger partial charge in [0, 0.05) is 19.5 Å². The van der Waals surface area contributed by atoms with Gasteiger partial charge in [-0.3, -0.25) is 14.6 Å². The van der Waals surface area contributed by atoms with Crippen LogP contribution in [-0.4, -0.2) is 44.9 Å². The third-order valence-electron chi connectivity index (χ3n) is 3.06. The summed E-state index contributed by atoms with van der Waals surface area (Å²) >= 11 is 0. The van der Waals surface area contributed by atoms with Gasteiger partial charge in [-0.05, 0) is 19.1 Å². The summed E-state index contributed by atoms with van der Waals surface area (Å²) in [6.45, 7) is 2.23. The van der Waals surface area contributed by atoms with Gasteiger partial charge < -0.3 is 9.90 Å². The van der Waals surface area contributed by atoms with E-state index in [4.69, 9.17) is 0 Å². The van der Waals surface area contributed by atoms with Crippen LogP contribution in [0.4, 0.5) is 0 Å². The Hall–Kier alpha value is -1.93. The number of amidine groups is 1. The Morgan fingerprint density at radius 3 is 2.57 bits per heavy atom. The highest BCUT2D eigenvalue weighted by Crippen LogP contribution is 2.11. The molecule has 0 unspecified atom stereocenters. The van der Waals surface area contributed by atoms with Gasteiger partial charge in [0.25, 0.3) is 10.0 Å². The topological polar surface area (TPSA) is 102 Å². The number of carboxylic acid groups (broad SMARTS) is 1. The van der Waals surface area contributed by atoms with Gasteiger partial charge in [-0.15, -0.1) is 0 Å². The minimum Gasteiger partial charge on any atom is -0.549 e. The molecule has 0 atom stereocenters. The zero-order valence-electron chi connectivity index (χ0n) is 11.6. The lowest BCUT2D eigenvalue weighted by Crippen LogP contribution is -2.44. The molecule has 7 nitrogen and oxygen atoms in total. The van der Waals surface area contributed by atoms with Crippen molar-refractivity contribution in [2.24, 2.45) is 4.99 Å². The maximum absolute atomic E-state index is 12.2. The molecule has 2 rings (SSSR count). The molecule has 1 heterocycles. The summed E-state index contributed by atoms with van der Waals surface area (Å²) in [7, 11) is -3.65. The third-order valence-corrected chi connectivity index (χ3v) is 4.46. The molecule has 21 heavy (non-hydrogen) atoms. The normalized spacial score (nSPS) is 16.3. The lowest BCUT2D eigenvalue weighted by Gasteiger charge is -2.25. The number of aryl methyl sites for hydroxylation is 1. The Bertz CT molecular complexity index is 652. The minimum absolute atomic E-state index is 0.139. The first-order chi connectivity index (χ1) is 9.87. The molecule has 0 saturated carbocycles. The first-order valence-electron chi connectivity index (χ1n) is 6.42. The summed E-state index contributed by atoms with van der Waals surface area (Å²) in [5, 5.41) is 10.5. The molecule has 8 heteroatoms. The monoisotopic (exact) mass is 310 g/mol. The van der Waals surface area contributed by atoms with Crippen LogP contribution in [0.15, 0.2) is 34.2 Å². The van der Waals surface area contributed by atoms with Crippen LogP contribution in [-0.2, 0) is 14.8 Å². The molecule has 1 aliphatic rings. The van der Waals surface area contributed by atoms with E-state index < -0.39 is 16.0 Å². The van der Waals surface area contributed by atoms with Crippen molar-refractivity contribution < 1.29 is 18.3 Å². The van der Waals surface area contributed by atoms with Gasteiger partial charge in [0.15, 0.2) is 0 Å². The second-order valence-electron chi connectivity index (χ2n) is 4.84. The summed E-state index contributed by atoms with van der Waals surface area (Å²) in [6, 6.07) is 6.50. The lowest BCUT2D eigenvalue weighted by molar-refractivity contribution is -0.306. The Balaban J connectivity index is 2.03. The third kappa shape index (κ3) is 4.27. The van der Waals surface area contributed by atoms with Crippen LogP contribution in [0.25, 0.3) is 0 Å². The largest absolute Gasteiger partial charge is 0.549 e. The number of carbonyl (C=O) groups is 1. The van der Waals surface area contributed by atoms with Crippen LogP contribution < -0.4 is 9.83 Å². The minimum atomic E-state index is -3.65. The van der Waals surface area contributed by atoms with E-state index in [1.807, 2.05) is 6.92 Å². The number of nitrogens with zero attached hydrogens (tertiary/aromatic N) is 2. The van der Waals surface area contributed by atoms with Gasteiger partial charge in [-0.2, -0.15) is 0 Å².